The standard InChI is InChI=1S/C24H36NO11P/c26-21-20(34-24(23(28)22(21)27)33-19-14-8-7-13-18(19)25(29)30)15-32-37(31,35-16-9-3-1-4-10-16)36-17-11-5-2-6-12-17/h7-8,13-14,16-17,20-24,26-28H,1-6,9-12,15H2/t20-,21+,22+,23-,24-/m1/s1. The van der Waals surface area contributed by atoms with Gasteiger partial charge in [-0.3, -0.25) is 23.7 Å². The molecule has 208 valence electrons. The Labute approximate surface area is 215 Å². The van der Waals surface area contributed by atoms with Gasteiger partial charge in [0.05, 0.1) is 23.7 Å². The predicted octanol–water partition coefficient (Wildman–Crippen LogP) is 3.60. The van der Waals surface area contributed by atoms with Crippen molar-refractivity contribution in [3.05, 3.63) is 34.4 Å². The maximum atomic E-state index is 13.7. The summed E-state index contributed by atoms with van der Waals surface area (Å²) in [5.41, 5.74) is -0.363. The zero-order valence-corrected chi connectivity index (χ0v) is 21.5. The summed E-state index contributed by atoms with van der Waals surface area (Å²) in [5, 5.41) is 42.7. The second kappa shape index (κ2) is 12.9. The van der Waals surface area contributed by atoms with E-state index in [0.29, 0.717) is 0 Å². The molecule has 13 heteroatoms. The lowest BCUT2D eigenvalue weighted by molar-refractivity contribution is -0.387. The Morgan fingerprint density at radius 2 is 1.46 bits per heavy atom. The topological polar surface area (TPSA) is 167 Å². The zero-order chi connectivity index (χ0) is 26.4. The molecule has 0 spiro atoms. The minimum absolute atomic E-state index is 0.188. The fraction of sp³-hybridized carbons (Fsp3) is 0.750. The van der Waals surface area contributed by atoms with Gasteiger partial charge in [0.1, 0.15) is 24.4 Å². The molecule has 1 aliphatic heterocycles. The smallest absolute Gasteiger partial charge is 0.455 e. The third-order valence-corrected chi connectivity index (χ3v) is 8.61. The van der Waals surface area contributed by atoms with Crippen LogP contribution in [0.2, 0.25) is 0 Å². The first kappa shape index (κ1) is 28.4. The van der Waals surface area contributed by atoms with Crippen LogP contribution in [0, 0.1) is 10.1 Å². The third kappa shape index (κ3) is 7.48. The van der Waals surface area contributed by atoms with E-state index in [-0.39, 0.29) is 23.6 Å². The van der Waals surface area contributed by atoms with E-state index in [4.69, 9.17) is 23.0 Å². The Balaban J connectivity index is 1.45. The van der Waals surface area contributed by atoms with Crippen LogP contribution in [0.4, 0.5) is 5.69 Å². The van der Waals surface area contributed by atoms with Gasteiger partial charge in [0, 0.05) is 6.07 Å². The molecule has 1 saturated heterocycles. The van der Waals surface area contributed by atoms with Crippen LogP contribution in [0.15, 0.2) is 24.3 Å². The number of hydrogen-bond donors (Lipinski definition) is 3. The molecule has 0 bridgehead atoms. The van der Waals surface area contributed by atoms with Crippen LogP contribution >= 0.6 is 7.82 Å². The molecule has 3 aliphatic rings. The first-order valence-electron chi connectivity index (χ1n) is 13.0. The molecule has 0 aromatic heterocycles. The molecule has 1 aromatic carbocycles. The predicted molar refractivity (Wildman–Crippen MR) is 130 cm³/mol. The molecule has 0 unspecified atom stereocenters. The SMILES string of the molecule is O=[N+]([O-])c1ccccc1O[C@@H]1O[C@H](COP(=O)(OC2CCCCC2)OC2CCCCC2)[C@H](O)[C@H](O)[C@H]1O. The fourth-order valence-electron chi connectivity index (χ4n) is 4.94. The van der Waals surface area contributed by atoms with E-state index in [1.165, 1.54) is 24.3 Å². The van der Waals surface area contributed by atoms with Crippen LogP contribution in [0.25, 0.3) is 0 Å². The van der Waals surface area contributed by atoms with Gasteiger partial charge >= 0.3 is 13.5 Å². The van der Waals surface area contributed by atoms with E-state index in [9.17, 15) is 30.0 Å². The van der Waals surface area contributed by atoms with Crippen LogP contribution in [-0.2, 0) is 22.9 Å². The van der Waals surface area contributed by atoms with E-state index in [0.717, 1.165) is 64.2 Å². The minimum Gasteiger partial charge on any atom is -0.455 e. The summed E-state index contributed by atoms with van der Waals surface area (Å²) in [6.07, 6.45) is 0.473. The second-order valence-corrected chi connectivity index (χ2v) is 11.4. The number of nitrogens with zero attached hydrogens (tertiary/aromatic N) is 1. The van der Waals surface area contributed by atoms with Gasteiger partial charge in [-0.25, -0.2) is 4.57 Å². The highest BCUT2D eigenvalue weighted by molar-refractivity contribution is 7.48. The highest BCUT2D eigenvalue weighted by Crippen LogP contribution is 2.54. The van der Waals surface area contributed by atoms with Gasteiger partial charge in [0.2, 0.25) is 6.29 Å². The molecule has 1 heterocycles. The number of ether oxygens (including phenoxy) is 2. The Morgan fingerprint density at radius 3 is 2.03 bits per heavy atom. The zero-order valence-electron chi connectivity index (χ0n) is 20.6. The number of phosphoric ester groups is 1. The number of aliphatic hydroxyl groups is 3. The van der Waals surface area contributed by atoms with E-state index < -0.39 is 50.1 Å². The van der Waals surface area contributed by atoms with Gasteiger partial charge in [0.15, 0.2) is 5.75 Å². The lowest BCUT2D eigenvalue weighted by Gasteiger charge is -2.40. The number of rotatable bonds is 10. The van der Waals surface area contributed by atoms with Crippen molar-refractivity contribution in [2.45, 2.75) is 107 Å². The molecule has 37 heavy (non-hydrogen) atoms. The molecule has 3 N–H and O–H groups in total. The Hall–Kier alpha value is -1.63. The molecule has 4 rings (SSSR count). The minimum atomic E-state index is -4.06. The van der Waals surface area contributed by atoms with Crippen LogP contribution in [0.5, 0.6) is 5.75 Å². The Morgan fingerprint density at radius 1 is 0.892 bits per heavy atom. The molecule has 1 aromatic rings. The highest BCUT2D eigenvalue weighted by atomic mass is 31.2. The van der Waals surface area contributed by atoms with Crippen molar-refractivity contribution in [3.8, 4) is 5.75 Å². The van der Waals surface area contributed by atoms with Crippen molar-refractivity contribution in [1.82, 2.24) is 0 Å². The van der Waals surface area contributed by atoms with E-state index in [2.05, 4.69) is 0 Å². The Kier molecular flexibility index (Phi) is 9.93. The first-order chi connectivity index (χ1) is 17.8. The van der Waals surface area contributed by atoms with E-state index in [1.54, 1.807) is 0 Å². The van der Waals surface area contributed by atoms with E-state index >= 15 is 0 Å². The van der Waals surface area contributed by atoms with Crippen molar-refractivity contribution >= 4 is 13.5 Å². The van der Waals surface area contributed by atoms with E-state index in [1.807, 2.05) is 0 Å². The lowest BCUT2D eigenvalue weighted by atomic mass is 9.98. The average molecular weight is 546 g/mol. The van der Waals surface area contributed by atoms with Gasteiger partial charge in [-0.2, -0.15) is 0 Å². The summed E-state index contributed by atoms with van der Waals surface area (Å²) >= 11 is 0. The molecule has 5 atom stereocenters. The van der Waals surface area contributed by atoms with Gasteiger partial charge in [-0.1, -0.05) is 50.7 Å². The molecule has 12 nitrogen and oxygen atoms in total. The Bertz CT molecular complexity index is 913. The van der Waals surface area contributed by atoms with Crippen molar-refractivity contribution in [2.24, 2.45) is 0 Å². The number of hydrogen-bond acceptors (Lipinski definition) is 11. The van der Waals surface area contributed by atoms with Crippen molar-refractivity contribution in [3.63, 3.8) is 0 Å². The van der Waals surface area contributed by atoms with Crippen molar-refractivity contribution < 1.29 is 47.9 Å². The normalized spacial score (nSPS) is 30.2. The first-order valence-corrected chi connectivity index (χ1v) is 14.4. The molecule has 0 radical (unpaired) electrons. The molecule has 2 saturated carbocycles. The number of phosphoric acid groups is 1. The molecule has 3 fully saturated rings. The number of aliphatic hydroxyl groups excluding tert-OH is 3. The largest absolute Gasteiger partial charge is 0.475 e. The van der Waals surface area contributed by atoms with Crippen LogP contribution < -0.4 is 4.74 Å². The van der Waals surface area contributed by atoms with Crippen molar-refractivity contribution in [2.75, 3.05) is 6.61 Å². The highest BCUT2D eigenvalue weighted by Gasteiger charge is 2.47. The summed E-state index contributed by atoms with van der Waals surface area (Å²) in [4.78, 5) is 10.7. The maximum Gasteiger partial charge on any atom is 0.475 e. The average Bonchev–Trinajstić information content (AvgIpc) is 2.89. The lowest BCUT2D eigenvalue weighted by Crippen LogP contribution is -2.60. The van der Waals surface area contributed by atoms with Gasteiger partial charge in [-0.15, -0.1) is 0 Å². The summed E-state index contributed by atoms with van der Waals surface area (Å²) < 4.78 is 42.3. The summed E-state index contributed by atoms with van der Waals surface area (Å²) in [5.74, 6) is -0.188. The number of para-hydroxylation sites is 2. The molecule has 0 amide bonds. The van der Waals surface area contributed by atoms with Gasteiger partial charge < -0.3 is 24.8 Å². The van der Waals surface area contributed by atoms with Crippen molar-refractivity contribution in [1.29, 1.82) is 0 Å². The van der Waals surface area contributed by atoms with Crippen LogP contribution in [0.3, 0.4) is 0 Å². The third-order valence-electron chi connectivity index (χ3n) is 7.03. The summed E-state index contributed by atoms with van der Waals surface area (Å²) in [6, 6.07) is 5.50. The second-order valence-electron chi connectivity index (χ2n) is 9.83. The monoisotopic (exact) mass is 545 g/mol. The molecule has 2 aliphatic carbocycles. The van der Waals surface area contributed by atoms with Gasteiger partial charge in [-0.05, 0) is 31.7 Å². The molecular weight excluding hydrogens is 509 g/mol. The van der Waals surface area contributed by atoms with Gasteiger partial charge in [0.25, 0.3) is 0 Å². The van der Waals surface area contributed by atoms with Crippen LogP contribution in [0.1, 0.15) is 64.2 Å². The summed E-state index contributed by atoms with van der Waals surface area (Å²) in [6.45, 7) is -0.488. The maximum absolute atomic E-state index is 13.7. The number of nitro benzene ring substituents is 1. The quantitative estimate of drug-likeness (QED) is 0.223. The van der Waals surface area contributed by atoms with Crippen LogP contribution in [-0.4, -0.2) is 69.8 Å². The number of benzene rings is 1. The number of nitro groups is 1. The molecular formula is C24H36NO11P. The summed E-state index contributed by atoms with van der Waals surface area (Å²) in [7, 11) is -4.06. The fourth-order valence-corrected chi connectivity index (χ4v) is 6.59.